The largest absolute Gasteiger partial charge is 0.401 e. The van der Waals surface area contributed by atoms with Crippen molar-refractivity contribution in [2.24, 2.45) is 10.4 Å². The number of rotatable bonds is 11. The van der Waals surface area contributed by atoms with Crippen molar-refractivity contribution in [3.8, 4) is 0 Å². The third kappa shape index (κ3) is 12.0. The van der Waals surface area contributed by atoms with Gasteiger partial charge in [0.2, 0.25) is 0 Å². The van der Waals surface area contributed by atoms with Crippen molar-refractivity contribution >= 4 is 29.9 Å². The van der Waals surface area contributed by atoms with E-state index in [1.54, 1.807) is 0 Å². The van der Waals surface area contributed by atoms with Gasteiger partial charge >= 0.3 is 6.18 Å². The Labute approximate surface area is 178 Å². The number of hydrogen-bond acceptors (Lipinski definition) is 3. The van der Waals surface area contributed by atoms with Gasteiger partial charge in [0.25, 0.3) is 0 Å². The lowest BCUT2D eigenvalue weighted by molar-refractivity contribution is -0.142. The molecule has 0 spiro atoms. The minimum atomic E-state index is -4.16. The van der Waals surface area contributed by atoms with Gasteiger partial charge < -0.3 is 15.4 Å². The third-order valence-corrected chi connectivity index (χ3v) is 4.80. The van der Waals surface area contributed by atoms with E-state index in [1.165, 1.54) is 24.8 Å². The Morgan fingerprint density at radius 3 is 2.41 bits per heavy atom. The first-order chi connectivity index (χ1) is 12.3. The molecule has 0 aromatic carbocycles. The molecular formula is C18H36F3IN4O. The van der Waals surface area contributed by atoms with Crippen molar-refractivity contribution in [3.63, 3.8) is 0 Å². The summed E-state index contributed by atoms with van der Waals surface area (Å²) in [6, 6.07) is 0. The number of ether oxygens (including phenoxy) is 1. The van der Waals surface area contributed by atoms with E-state index in [4.69, 9.17) is 9.73 Å². The van der Waals surface area contributed by atoms with Gasteiger partial charge in [-0.05, 0) is 45.6 Å². The molecule has 0 aromatic heterocycles. The second kappa shape index (κ2) is 13.8. The molecule has 0 amide bonds. The van der Waals surface area contributed by atoms with Crippen LogP contribution in [0.25, 0.3) is 0 Å². The molecule has 0 radical (unpaired) electrons. The highest BCUT2D eigenvalue weighted by Crippen LogP contribution is 2.41. The first-order valence-electron chi connectivity index (χ1n) is 9.65. The van der Waals surface area contributed by atoms with Crippen molar-refractivity contribution in [1.82, 2.24) is 15.5 Å². The van der Waals surface area contributed by atoms with Crippen molar-refractivity contribution in [1.29, 1.82) is 0 Å². The minimum absolute atomic E-state index is 0. The van der Waals surface area contributed by atoms with Crippen molar-refractivity contribution in [3.05, 3.63) is 0 Å². The minimum Gasteiger partial charge on any atom is -0.382 e. The molecule has 0 heterocycles. The smallest absolute Gasteiger partial charge is 0.382 e. The fraction of sp³-hybridized carbons (Fsp3) is 0.944. The zero-order chi connectivity index (χ0) is 19.5. The van der Waals surface area contributed by atoms with Crippen LogP contribution in [0.1, 0.15) is 46.0 Å². The van der Waals surface area contributed by atoms with Gasteiger partial charge in [-0.25, -0.2) is 0 Å². The van der Waals surface area contributed by atoms with Crippen LogP contribution in [0.5, 0.6) is 0 Å². The van der Waals surface area contributed by atoms with E-state index in [0.717, 1.165) is 45.6 Å². The molecule has 1 aliphatic carbocycles. The Hall–Kier alpha value is -0.290. The van der Waals surface area contributed by atoms with Gasteiger partial charge in [-0.15, -0.1) is 24.0 Å². The fourth-order valence-corrected chi connectivity index (χ4v) is 3.38. The Balaban J connectivity index is 0.00000676. The highest BCUT2D eigenvalue weighted by molar-refractivity contribution is 14.0. The van der Waals surface area contributed by atoms with Gasteiger partial charge in [0.15, 0.2) is 5.96 Å². The molecule has 162 valence electrons. The summed E-state index contributed by atoms with van der Waals surface area (Å²) in [5, 5.41) is 6.32. The van der Waals surface area contributed by atoms with Gasteiger partial charge in [0.05, 0.1) is 6.54 Å². The maximum Gasteiger partial charge on any atom is 0.401 e. The maximum absolute atomic E-state index is 12.4. The van der Waals surface area contributed by atoms with E-state index in [1.807, 2.05) is 13.8 Å². The van der Waals surface area contributed by atoms with Crippen LogP contribution in [0.3, 0.4) is 0 Å². The van der Waals surface area contributed by atoms with Crippen LogP contribution in [0.4, 0.5) is 13.2 Å². The van der Waals surface area contributed by atoms with Crippen LogP contribution in [0, 0.1) is 5.41 Å². The Morgan fingerprint density at radius 2 is 1.85 bits per heavy atom. The highest BCUT2D eigenvalue weighted by Gasteiger charge is 2.33. The van der Waals surface area contributed by atoms with E-state index in [0.29, 0.717) is 19.0 Å². The first kappa shape index (κ1) is 26.7. The monoisotopic (exact) mass is 508 g/mol. The normalized spacial score (nSPS) is 17.1. The summed E-state index contributed by atoms with van der Waals surface area (Å²) in [5.74, 6) is 0.676. The molecule has 0 bridgehead atoms. The Morgan fingerprint density at radius 1 is 1.19 bits per heavy atom. The molecule has 0 unspecified atom stereocenters. The van der Waals surface area contributed by atoms with E-state index in [9.17, 15) is 13.2 Å². The Bertz CT molecular complexity index is 416. The van der Waals surface area contributed by atoms with E-state index in [-0.39, 0.29) is 29.4 Å². The fourth-order valence-electron chi connectivity index (χ4n) is 3.38. The lowest BCUT2D eigenvalue weighted by Gasteiger charge is -2.27. The lowest BCUT2D eigenvalue weighted by atomic mass is 9.83. The average molecular weight is 508 g/mol. The van der Waals surface area contributed by atoms with Gasteiger partial charge in [-0.2, -0.15) is 13.2 Å². The van der Waals surface area contributed by atoms with Gasteiger partial charge in [-0.1, -0.05) is 12.8 Å². The number of alkyl halides is 3. The standard InChI is InChI=1S/C18H35F3N4O.HI/c1-4-22-16(23-11-12-25(3)15-18(19,20)21)24-14-17(8-6-7-9-17)10-13-26-5-2;/h4-15H2,1-3H3,(H2,22,23,24);1H. The molecule has 0 aliphatic heterocycles. The van der Waals surface area contributed by atoms with Gasteiger partial charge in [-0.3, -0.25) is 9.89 Å². The number of aliphatic imine (C=N–C) groups is 1. The van der Waals surface area contributed by atoms with E-state index >= 15 is 0 Å². The van der Waals surface area contributed by atoms with Gasteiger partial charge in [0.1, 0.15) is 0 Å². The number of guanidine groups is 1. The van der Waals surface area contributed by atoms with Crippen molar-refractivity contribution in [2.75, 3.05) is 53.0 Å². The molecule has 9 heteroatoms. The molecule has 27 heavy (non-hydrogen) atoms. The quantitative estimate of drug-likeness (QED) is 0.194. The predicted octanol–water partition coefficient (Wildman–Crippen LogP) is 3.64. The second-order valence-corrected chi connectivity index (χ2v) is 7.13. The van der Waals surface area contributed by atoms with E-state index < -0.39 is 12.7 Å². The molecule has 0 aromatic rings. The number of nitrogens with one attached hydrogen (secondary N) is 2. The molecule has 1 saturated carbocycles. The number of halogens is 4. The van der Waals surface area contributed by atoms with Crippen LogP contribution < -0.4 is 10.6 Å². The molecule has 2 N–H and O–H groups in total. The number of nitrogens with zero attached hydrogens (tertiary/aromatic N) is 2. The van der Waals surface area contributed by atoms with Crippen LogP contribution in [0.15, 0.2) is 4.99 Å². The number of hydrogen-bond donors (Lipinski definition) is 2. The average Bonchev–Trinajstić information content (AvgIpc) is 3.00. The molecule has 1 rings (SSSR count). The lowest BCUT2D eigenvalue weighted by Crippen LogP contribution is -2.43. The van der Waals surface area contributed by atoms with Crippen LogP contribution in [-0.2, 0) is 4.74 Å². The molecule has 0 atom stereocenters. The molecule has 1 fully saturated rings. The summed E-state index contributed by atoms with van der Waals surface area (Å²) < 4.78 is 42.6. The maximum atomic E-state index is 12.4. The highest BCUT2D eigenvalue weighted by atomic mass is 127. The predicted molar refractivity (Wildman–Crippen MR) is 115 cm³/mol. The van der Waals surface area contributed by atoms with Gasteiger partial charge in [0, 0.05) is 39.4 Å². The summed E-state index contributed by atoms with van der Waals surface area (Å²) in [4.78, 5) is 5.98. The topological polar surface area (TPSA) is 48.9 Å². The summed E-state index contributed by atoms with van der Waals surface area (Å²) >= 11 is 0. The zero-order valence-electron chi connectivity index (χ0n) is 16.8. The first-order valence-corrected chi connectivity index (χ1v) is 9.65. The summed E-state index contributed by atoms with van der Waals surface area (Å²) in [6.45, 7) is 6.75. The summed E-state index contributed by atoms with van der Waals surface area (Å²) in [6.07, 6.45) is 1.64. The zero-order valence-corrected chi connectivity index (χ0v) is 19.2. The molecule has 5 nitrogen and oxygen atoms in total. The molecule has 1 aliphatic rings. The third-order valence-electron chi connectivity index (χ3n) is 4.80. The summed E-state index contributed by atoms with van der Waals surface area (Å²) in [7, 11) is 1.47. The SMILES string of the molecule is CCNC(=NCC1(CCOCC)CCCC1)NCCN(C)CC(F)(F)F.I. The summed E-state index contributed by atoms with van der Waals surface area (Å²) in [5.41, 5.74) is 0.199. The van der Waals surface area contributed by atoms with Crippen molar-refractivity contribution in [2.45, 2.75) is 52.1 Å². The van der Waals surface area contributed by atoms with Crippen LogP contribution >= 0.6 is 24.0 Å². The molecular weight excluding hydrogens is 472 g/mol. The van der Waals surface area contributed by atoms with Crippen molar-refractivity contribution < 1.29 is 17.9 Å². The van der Waals surface area contributed by atoms with Crippen LogP contribution in [0.2, 0.25) is 0 Å². The Kier molecular flexibility index (Phi) is 13.7. The van der Waals surface area contributed by atoms with E-state index in [2.05, 4.69) is 10.6 Å². The molecule has 0 saturated heterocycles. The van der Waals surface area contributed by atoms with Crippen LogP contribution in [-0.4, -0.2) is 70.0 Å². The number of likely N-dealkylation sites (N-methyl/N-ethyl adjacent to an activating group) is 1. The second-order valence-electron chi connectivity index (χ2n) is 7.13.